The van der Waals surface area contributed by atoms with E-state index in [0.29, 0.717) is 12.8 Å². The second-order valence-electron chi connectivity index (χ2n) is 15.3. The number of allylic oxidation sites excluding steroid dienone is 13. The topological polar surface area (TPSA) is 78.9 Å². The molecule has 0 fully saturated rings. The molecular formula is C52H86O6. The van der Waals surface area contributed by atoms with Crippen molar-refractivity contribution in [2.24, 2.45) is 0 Å². The van der Waals surface area contributed by atoms with Crippen molar-refractivity contribution in [2.45, 2.75) is 213 Å². The maximum atomic E-state index is 12.7. The normalized spacial score (nSPS) is 12.8. The molecule has 0 aliphatic carbocycles. The van der Waals surface area contributed by atoms with Crippen molar-refractivity contribution in [3.05, 3.63) is 85.1 Å². The van der Waals surface area contributed by atoms with Crippen LogP contribution in [0, 0.1) is 0 Å². The Morgan fingerprint density at radius 3 is 1.24 bits per heavy atom. The molecule has 330 valence electrons. The monoisotopic (exact) mass is 807 g/mol. The predicted molar refractivity (Wildman–Crippen MR) is 247 cm³/mol. The molecule has 0 rings (SSSR count). The smallest absolute Gasteiger partial charge is 0.309 e. The van der Waals surface area contributed by atoms with Gasteiger partial charge in [0.1, 0.15) is 13.2 Å². The van der Waals surface area contributed by atoms with Crippen LogP contribution in [0.5, 0.6) is 0 Å². The van der Waals surface area contributed by atoms with Gasteiger partial charge in [-0.25, -0.2) is 0 Å². The lowest BCUT2D eigenvalue weighted by atomic mass is 10.1. The van der Waals surface area contributed by atoms with Crippen LogP contribution in [0.1, 0.15) is 207 Å². The molecule has 0 aliphatic heterocycles. The van der Waals surface area contributed by atoms with Gasteiger partial charge in [-0.3, -0.25) is 14.4 Å². The lowest BCUT2D eigenvalue weighted by molar-refractivity contribution is -0.166. The van der Waals surface area contributed by atoms with Crippen LogP contribution in [0.15, 0.2) is 85.1 Å². The zero-order chi connectivity index (χ0) is 42.3. The molecule has 0 N–H and O–H groups in total. The Morgan fingerprint density at radius 1 is 0.379 bits per heavy atom. The Hall–Kier alpha value is -3.41. The second kappa shape index (κ2) is 46.3. The van der Waals surface area contributed by atoms with Gasteiger partial charge >= 0.3 is 17.9 Å². The van der Waals surface area contributed by atoms with E-state index in [-0.39, 0.29) is 31.6 Å². The minimum atomic E-state index is -0.822. The third kappa shape index (κ3) is 43.7. The number of carbonyl (C=O) groups excluding carboxylic acids is 3. The maximum absolute atomic E-state index is 12.7. The first-order valence-electron chi connectivity index (χ1n) is 23.6. The van der Waals surface area contributed by atoms with Crippen molar-refractivity contribution in [1.82, 2.24) is 0 Å². The summed E-state index contributed by atoms with van der Waals surface area (Å²) < 4.78 is 16.6. The van der Waals surface area contributed by atoms with Crippen molar-refractivity contribution < 1.29 is 28.6 Å². The highest BCUT2D eigenvalue weighted by molar-refractivity contribution is 5.72. The number of rotatable bonds is 41. The van der Waals surface area contributed by atoms with E-state index in [2.05, 4.69) is 93.7 Å². The molecule has 58 heavy (non-hydrogen) atoms. The summed E-state index contributed by atoms with van der Waals surface area (Å²) in [4.78, 5) is 37.7. The highest BCUT2D eigenvalue weighted by Gasteiger charge is 2.19. The SMILES string of the molecule is CC/C=C\C/C=C\C/C=C\C/C=C\C/C=C\CC(=O)OCC(COC(=O)CCCCCCC/C=C\CCCC)OC(=O)CCCCCCC/C=C\CCCCCCC. The Balaban J connectivity index is 4.54. The van der Waals surface area contributed by atoms with Gasteiger partial charge in [0.2, 0.25) is 0 Å². The zero-order valence-corrected chi connectivity index (χ0v) is 37.5. The van der Waals surface area contributed by atoms with Gasteiger partial charge < -0.3 is 14.2 Å². The predicted octanol–water partition coefficient (Wildman–Crippen LogP) is 15.3. The summed E-state index contributed by atoms with van der Waals surface area (Å²) in [6.45, 7) is 6.35. The van der Waals surface area contributed by atoms with E-state index in [1.807, 2.05) is 6.08 Å². The molecule has 0 heterocycles. The summed E-state index contributed by atoms with van der Waals surface area (Å²) in [5, 5.41) is 0. The zero-order valence-electron chi connectivity index (χ0n) is 37.5. The molecule has 6 nitrogen and oxygen atoms in total. The second-order valence-corrected chi connectivity index (χ2v) is 15.3. The van der Waals surface area contributed by atoms with Crippen molar-refractivity contribution in [3.63, 3.8) is 0 Å². The molecule has 1 atom stereocenters. The van der Waals surface area contributed by atoms with Crippen molar-refractivity contribution in [1.29, 1.82) is 0 Å². The summed E-state index contributed by atoms with van der Waals surface area (Å²) in [5.41, 5.74) is 0. The van der Waals surface area contributed by atoms with Crippen molar-refractivity contribution >= 4 is 17.9 Å². The molecule has 0 aliphatic rings. The average molecular weight is 807 g/mol. The lowest BCUT2D eigenvalue weighted by Gasteiger charge is -2.18. The number of esters is 3. The molecule has 0 saturated heterocycles. The van der Waals surface area contributed by atoms with E-state index in [1.54, 1.807) is 6.08 Å². The number of unbranched alkanes of at least 4 members (excludes halogenated alkanes) is 17. The molecule has 0 bridgehead atoms. The highest BCUT2D eigenvalue weighted by atomic mass is 16.6. The van der Waals surface area contributed by atoms with Crippen LogP contribution in [0.2, 0.25) is 0 Å². The van der Waals surface area contributed by atoms with Crippen LogP contribution in [-0.4, -0.2) is 37.2 Å². The molecule has 0 aromatic rings. The van der Waals surface area contributed by atoms with Crippen LogP contribution >= 0.6 is 0 Å². The van der Waals surface area contributed by atoms with Crippen LogP contribution < -0.4 is 0 Å². The standard InChI is InChI=1S/C52H86O6/c1-4-7-10-13-16-19-22-24-26-28-30-33-36-39-42-45-51(54)57-48-49(47-56-50(53)44-41-38-35-32-29-21-18-15-12-9-6-3)58-52(55)46-43-40-37-34-31-27-25-23-20-17-14-11-8-5-2/h7,10,15-16,18-19,23-26,30,33,39,42,49H,4-6,8-9,11-14,17,20-22,27-29,31-32,34-38,40-41,43-48H2,1-3H3/b10-7-,18-15-,19-16-,25-23-,26-24-,33-30-,42-39-. The van der Waals surface area contributed by atoms with E-state index in [1.165, 1.54) is 70.6 Å². The number of hydrogen-bond acceptors (Lipinski definition) is 6. The molecule has 0 amide bonds. The lowest BCUT2D eigenvalue weighted by Crippen LogP contribution is -2.30. The van der Waals surface area contributed by atoms with Crippen molar-refractivity contribution in [2.75, 3.05) is 13.2 Å². The van der Waals surface area contributed by atoms with Crippen LogP contribution in [-0.2, 0) is 28.6 Å². The minimum absolute atomic E-state index is 0.115. The van der Waals surface area contributed by atoms with E-state index in [4.69, 9.17) is 14.2 Å². The fourth-order valence-electron chi connectivity index (χ4n) is 6.08. The summed E-state index contributed by atoms with van der Waals surface area (Å²) in [6, 6.07) is 0. The summed E-state index contributed by atoms with van der Waals surface area (Å²) >= 11 is 0. The van der Waals surface area contributed by atoms with Gasteiger partial charge in [0.05, 0.1) is 6.42 Å². The molecular weight excluding hydrogens is 721 g/mol. The number of carbonyl (C=O) groups is 3. The van der Waals surface area contributed by atoms with Crippen LogP contribution in [0.4, 0.5) is 0 Å². The van der Waals surface area contributed by atoms with Crippen molar-refractivity contribution in [3.8, 4) is 0 Å². The molecule has 1 unspecified atom stereocenters. The minimum Gasteiger partial charge on any atom is -0.462 e. The first-order valence-corrected chi connectivity index (χ1v) is 23.6. The molecule has 6 heteroatoms. The third-order valence-corrected chi connectivity index (χ3v) is 9.64. The maximum Gasteiger partial charge on any atom is 0.309 e. The number of ether oxygens (including phenoxy) is 3. The fraction of sp³-hybridized carbons (Fsp3) is 0.673. The fourth-order valence-corrected chi connectivity index (χ4v) is 6.08. The van der Waals surface area contributed by atoms with Gasteiger partial charge in [-0.15, -0.1) is 0 Å². The van der Waals surface area contributed by atoms with E-state index >= 15 is 0 Å². The van der Waals surface area contributed by atoms with Gasteiger partial charge in [0.25, 0.3) is 0 Å². The third-order valence-electron chi connectivity index (χ3n) is 9.64. The van der Waals surface area contributed by atoms with Crippen LogP contribution in [0.25, 0.3) is 0 Å². The van der Waals surface area contributed by atoms with Gasteiger partial charge in [0, 0.05) is 12.8 Å². The summed E-state index contributed by atoms with van der Waals surface area (Å²) in [6.07, 6.45) is 58.7. The molecule has 0 aromatic carbocycles. The molecule has 0 saturated carbocycles. The highest BCUT2D eigenvalue weighted by Crippen LogP contribution is 2.12. The largest absolute Gasteiger partial charge is 0.462 e. The molecule has 0 spiro atoms. The molecule has 0 aromatic heterocycles. The van der Waals surface area contributed by atoms with Gasteiger partial charge in [-0.05, 0) is 89.9 Å². The van der Waals surface area contributed by atoms with E-state index in [0.717, 1.165) is 96.3 Å². The summed E-state index contributed by atoms with van der Waals surface area (Å²) in [5.74, 6) is -1.07. The Kier molecular flexibility index (Phi) is 43.6. The van der Waals surface area contributed by atoms with Gasteiger partial charge in [0.15, 0.2) is 6.10 Å². The van der Waals surface area contributed by atoms with E-state index in [9.17, 15) is 14.4 Å². The van der Waals surface area contributed by atoms with Crippen LogP contribution in [0.3, 0.4) is 0 Å². The van der Waals surface area contributed by atoms with Gasteiger partial charge in [-0.1, -0.05) is 183 Å². The quantitative estimate of drug-likeness (QED) is 0.0265. The Labute approximate surface area is 356 Å². The average Bonchev–Trinajstić information content (AvgIpc) is 3.22. The first-order chi connectivity index (χ1) is 28.5. The number of hydrogen-bond donors (Lipinski definition) is 0. The molecule has 0 radical (unpaired) electrons. The van der Waals surface area contributed by atoms with Gasteiger partial charge in [-0.2, -0.15) is 0 Å². The first kappa shape index (κ1) is 54.6. The Morgan fingerprint density at radius 2 is 0.759 bits per heavy atom. The summed E-state index contributed by atoms with van der Waals surface area (Å²) in [7, 11) is 0. The van der Waals surface area contributed by atoms with E-state index < -0.39 is 12.1 Å². The Bertz CT molecular complexity index is 1160.